The molecule has 0 saturated carbocycles. The second-order valence-electron chi connectivity index (χ2n) is 6.10. The van der Waals surface area contributed by atoms with Crippen molar-refractivity contribution in [2.45, 2.75) is 0 Å². The van der Waals surface area contributed by atoms with E-state index in [9.17, 15) is 15.0 Å². The van der Waals surface area contributed by atoms with Crippen LogP contribution in [0.4, 0.5) is 0 Å². The molecular weight excluding hydrogens is 652 g/mol. The van der Waals surface area contributed by atoms with Crippen LogP contribution in [0.15, 0.2) is 72.8 Å². The molecular formula is C21H21Cl2N5O4Pt. The van der Waals surface area contributed by atoms with Gasteiger partial charge in [-0.2, -0.15) is 0 Å². The third-order valence-corrected chi connectivity index (χ3v) is 4.26. The number of phenols is 2. The van der Waals surface area contributed by atoms with Gasteiger partial charge < -0.3 is 27.6 Å². The predicted octanol–water partition coefficient (Wildman–Crippen LogP) is 5.41. The Morgan fingerprint density at radius 1 is 0.818 bits per heavy atom. The first kappa shape index (κ1) is 28.1. The van der Waals surface area contributed by atoms with Crippen LogP contribution in [-0.2, 0) is 16.5 Å². The summed E-state index contributed by atoms with van der Waals surface area (Å²) in [7, 11) is 9.75. The molecule has 0 fully saturated rings. The molecule has 0 saturated heterocycles. The van der Waals surface area contributed by atoms with Gasteiger partial charge in [0.05, 0.1) is 22.4 Å². The molecule has 0 aliphatic rings. The van der Waals surface area contributed by atoms with Gasteiger partial charge in [-0.15, -0.1) is 5.10 Å². The Morgan fingerprint density at radius 3 is 1.79 bits per heavy atom. The normalized spacial score (nSPS) is 9.76. The van der Waals surface area contributed by atoms with Crippen molar-refractivity contribution in [3.05, 3.63) is 78.4 Å². The van der Waals surface area contributed by atoms with Crippen molar-refractivity contribution in [1.29, 1.82) is 0 Å². The third-order valence-electron chi connectivity index (χ3n) is 4.26. The third kappa shape index (κ3) is 6.53. The number of hydrogen-bond acceptors (Lipinski definition) is 7. The summed E-state index contributed by atoms with van der Waals surface area (Å²) in [6.07, 6.45) is 0. The number of carboxylic acid groups (broad SMARTS) is 1. The van der Waals surface area contributed by atoms with E-state index in [0.29, 0.717) is 22.6 Å². The fourth-order valence-corrected chi connectivity index (χ4v) is 2.85. The molecule has 4 aromatic rings. The molecule has 3 aromatic carbocycles. The first-order chi connectivity index (χ1) is 15.0. The summed E-state index contributed by atoms with van der Waals surface area (Å²) in [5, 5.41) is 34.0. The average molecular weight is 673 g/mol. The van der Waals surface area contributed by atoms with Crippen LogP contribution in [0.1, 0.15) is 10.4 Å². The van der Waals surface area contributed by atoms with E-state index in [0.717, 1.165) is 0 Å². The maximum absolute atomic E-state index is 11.1. The number of aromatic nitrogens is 3. The van der Waals surface area contributed by atoms with E-state index in [1.165, 1.54) is 22.9 Å². The fourth-order valence-electron chi connectivity index (χ4n) is 2.85. The number of benzene rings is 3. The van der Waals surface area contributed by atoms with Gasteiger partial charge in [0, 0.05) is 0 Å². The Hall–Kier alpha value is -2.94. The number of rotatable bonds is 4. The number of carboxylic acids is 1. The number of para-hydroxylation sites is 2. The van der Waals surface area contributed by atoms with Crippen LogP contribution in [0.3, 0.4) is 0 Å². The van der Waals surface area contributed by atoms with Gasteiger partial charge in [-0.05, 0) is 48.5 Å². The molecule has 0 bridgehead atoms. The average Bonchev–Trinajstić information content (AvgIpc) is 3.20. The molecule has 0 aliphatic carbocycles. The van der Waals surface area contributed by atoms with Crippen molar-refractivity contribution in [3.63, 3.8) is 0 Å². The van der Waals surface area contributed by atoms with Gasteiger partial charge in [-0.25, -0.2) is 14.5 Å². The van der Waals surface area contributed by atoms with Gasteiger partial charge >= 0.3 is 41.3 Å². The number of aromatic carboxylic acids is 1. The zero-order valence-corrected chi connectivity index (χ0v) is 20.8. The van der Waals surface area contributed by atoms with Gasteiger partial charge in [-0.1, -0.05) is 24.3 Å². The van der Waals surface area contributed by atoms with Gasteiger partial charge in [0.2, 0.25) is 0 Å². The zero-order chi connectivity index (χ0) is 22.4. The monoisotopic (exact) mass is 672 g/mol. The van der Waals surface area contributed by atoms with E-state index in [4.69, 9.17) is 23.9 Å². The van der Waals surface area contributed by atoms with Crippen LogP contribution in [-0.4, -0.2) is 36.1 Å². The SMILES string of the molecule is N.N.O=C(O)c1ccc(-n2nc(-c3ccccc3O)nc2-c2ccccc2O)cc1.[Cl][Pt][Cl]. The maximum atomic E-state index is 11.1. The van der Waals surface area contributed by atoms with Gasteiger partial charge in [0.1, 0.15) is 11.5 Å². The number of hydrogen-bond donors (Lipinski definition) is 5. The molecule has 0 spiro atoms. The molecule has 9 nitrogen and oxygen atoms in total. The summed E-state index contributed by atoms with van der Waals surface area (Å²) in [4.78, 5) is 15.6. The van der Waals surface area contributed by atoms with E-state index >= 15 is 0 Å². The zero-order valence-electron chi connectivity index (χ0n) is 17.0. The minimum atomic E-state index is -1.03. The van der Waals surface area contributed by atoms with Crippen molar-refractivity contribution >= 4 is 24.8 Å². The molecule has 1 heterocycles. The van der Waals surface area contributed by atoms with Crippen LogP contribution in [0, 0.1) is 0 Å². The second kappa shape index (κ2) is 12.9. The second-order valence-corrected chi connectivity index (χ2v) is 9.39. The van der Waals surface area contributed by atoms with Gasteiger partial charge in [0.15, 0.2) is 11.6 Å². The molecule has 33 heavy (non-hydrogen) atoms. The standard InChI is InChI=1S/C21H15N3O4.2ClH.2H3N.Pt/c25-17-7-3-1-5-15(17)19-22-20(16-6-2-4-8-18(16)26)24(23-19)14-11-9-13(10-12-14)21(27)28;;;;;/h1-12,25-26H,(H,27,28);2*1H;2*1H3;/q;;;;;+2/p-2. The van der Waals surface area contributed by atoms with E-state index in [2.05, 4.69) is 10.1 Å². The minimum absolute atomic E-state index is 0. The first-order valence-corrected chi connectivity index (χ1v) is 14.3. The molecule has 178 valence electrons. The fraction of sp³-hybridized carbons (Fsp3) is 0. The predicted molar refractivity (Wildman–Crippen MR) is 124 cm³/mol. The Bertz CT molecular complexity index is 1210. The Kier molecular flexibility index (Phi) is 11.0. The van der Waals surface area contributed by atoms with Crippen LogP contribution in [0.25, 0.3) is 28.5 Å². The van der Waals surface area contributed by atoms with E-state index < -0.39 is 22.5 Å². The number of aromatic hydroxyl groups is 2. The Balaban J connectivity index is 0.00000103. The summed E-state index contributed by atoms with van der Waals surface area (Å²) in [5.74, 6) is -0.328. The van der Waals surface area contributed by atoms with Crippen molar-refractivity contribution in [2.75, 3.05) is 0 Å². The Morgan fingerprint density at radius 2 is 1.30 bits per heavy atom. The Labute approximate surface area is 206 Å². The van der Waals surface area contributed by atoms with Crippen molar-refractivity contribution in [2.24, 2.45) is 0 Å². The number of halogens is 2. The topological polar surface area (TPSA) is 178 Å². The number of carbonyl (C=O) groups is 1. The number of nitrogens with zero attached hydrogens (tertiary/aromatic N) is 3. The molecule has 0 radical (unpaired) electrons. The molecule has 4 rings (SSSR count). The van der Waals surface area contributed by atoms with Gasteiger partial charge in [-0.3, -0.25) is 0 Å². The molecule has 1 aromatic heterocycles. The first-order valence-electron chi connectivity index (χ1n) is 8.66. The summed E-state index contributed by atoms with van der Waals surface area (Å²) >= 11 is -0.472. The molecule has 0 unspecified atom stereocenters. The van der Waals surface area contributed by atoms with E-state index in [1.54, 1.807) is 54.6 Å². The summed E-state index contributed by atoms with van der Waals surface area (Å²) in [6, 6.07) is 19.5. The van der Waals surface area contributed by atoms with Crippen molar-refractivity contribution in [3.8, 4) is 40.0 Å². The van der Waals surface area contributed by atoms with E-state index in [-0.39, 0.29) is 35.2 Å². The van der Waals surface area contributed by atoms with Crippen LogP contribution < -0.4 is 12.3 Å². The number of phenolic OH excluding ortho intramolecular Hbond substituents is 2. The molecule has 9 N–H and O–H groups in total. The molecule has 0 amide bonds. The van der Waals surface area contributed by atoms with E-state index in [1.807, 2.05) is 0 Å². The summed E-state index contributed by atoms with van der Waals surface area (Å²) < 4.78 is 1.50. The van der Waals surface area contributed by atoms with Crippen molar-refractivity contribution < 1.29 is 36.6 Å². The van der Waals surface area contributed by atoms with Crippen LogP contribution in [0.5, 0.6) is 11.5 Å². The molecule has 12 heteroatoms. The molecule has 0 atom stereocenters. The summed E-state index contributed by atoms with van der Waals surface area (Å²) in [6.45, 7) is 0. The quantitative estimate of drug-likeness (QED) is 0.191. The van der Waals surface area contributed by atoms with Crippen LogP contribution in [0.2, 0.25) is 0 Å². The molecule has 0 aliphatic heterocycles. The van der Waals surface area contributed by atoms with Crippen LogP contribution >= 0.6 is 18.8 Å². The summed E-state index contributed by atoms with van der Waals surface area (Å²) in [5.41, 5.74) is 1.62. The van der Waals surface area contributed by atoms with Gasteiger partial charge in [0.25, 0.3) is 0 Å². The van der Waals surface area contributed by atoms with Crippen molar-refractivity contribution in [1.82, 2.24) is 27.1 Å².